The van der Waals surface area contributed by atoms with E-state index >= 15 is 0 Å². The maximum Gasteiger partial charge on any atom is 0.189 e. The smallest absolute Gasteiger partial charge is 0.189 e. The van der Waals surface area contributed by atoms with E-state index in [9.17, 15) is 0 Å². The number of anilines is 2. The van der Waals surface area contributed by atoms with Gasteiger partial charge in [0.1, 0.15) is 5.82 Å². The van der Waals surface area contributed by atoms with Gasteiger partial charge in [-0.1, -0.05) is 23.7 Å². The number of hydrogen-bond acceptors (Lipinski definition) is 6. The van der Waals surface area contributed by atoms with Gasteiger partial charge in [0.15, 0.2) is 5.16 Å². The number of terminal acetylenes is 1. The van der Waals surface area contributed by atoms with E-state index in [0.29, 0.717) is 6.10 Å². The summed E-state index contributed by atoms with van der Waals surface area (Å²) in [4.78, 5) is 8.86. The van der Waals surface area contributed by atoms with Crippen molar-refractivity contribution in [3.05, 3.63) is 42.1 Å². The van der Waals surface area contributed by atoms with E-state index < -0.39 is 0 Å². The molecule has 124 valence electrons. The molecule has 1 aliphatic heterocycles. The van der Waals surface area contributed by atoms with Gasteiger partial charge in [-0.25, -0.2) is 9.97 Å². The average molecular weight is 340 g/mol. The molecule has 1 aliphatic rings. The summed E-state index contributed by atoms with van der Waals surface area (Å²) in [6.07, 6.45) is 8.48. The molecule has 1 aromatic heterocycles. The van der Waals surface area contributed by atoms with Crippen LogP contribution in [0.2, 0.25) is 0 Å². The van der Waals surface area contributed by atoms with E-state index in [0.717, 1.165) is 54.1 Å². The first-order chi connectivity index (χ1) is 11.8. The number of rotatable bonds is 6. The number of ether oxygens (including phenoxy) is 1. The molecule has 1 atom stereocenters. The Morgan fingerprint density at radius 2 is 2.38 bits per heavy atom. The van der Waals surface area contributed by atoms with Gasteiger partial charge in [-0.3, -0.25) is 0 Å². The molecule has 2 heterocycles. The Balaban J connectivity index is 1.54. The van der Waals surface area contributed by atoms with Gasteiger partial charge < -0.3 is 15.4 Å². The summed E-state index contributed by atoms with van der Waals surface area (Å²) in [5.41, 5.74) is 1.76. The van der Waals surface area contributed by atoms with Crippen molar-refractivity contribution in [1.82, 2.24) is 15.3 Å². The van der Waals surface area contributed by atoms with Crippen molar-refractivity contribution in [3.63, 3.8) is 0 Å². The van der Waals surface area contributed by atoms with Crippen molar-refractivity contribution < 1.29 is 4.74 Å². The molecular formula is C18H20N4OS. The Bertz CT molecular complexity index is 710. The average Bonchev–Trinajstić information content (AvgIpc) is 2.63. The summed E-state index contributed by atoms with van der Waals surface area (Å²) in [6.45, 7) is 2.66. The highest BCUT2D eigenvalue weighted by molar-refractivity contribution is 7.99. The first-order valence-corrected chi connectivity index (χ1v) is 8.94. The van der Waals surface area contributed by atoms with Crippen LogP contribution >= 0.6 is 11.8 Å². The molecule has 0 aliphatic carbocycles. The van der Waals surface area contributed by atoms with Crippen molar-refractivity contribution in [2.24, 2.45) is 0 Å². The van der Waals surface area contributed by atoms with Crippen LogP contribution in [0.1, 0.15) is 12.0 Å². The van der Waals surface area contributed by atoms with Crippen LogP contribution < -0.4 is 10.6 Å². The van der Waals surface area contributed by atoms with Crippen LogP contribution in [0.5, 0.6) is 0 Å². The fourth-order valence-corrected chi connectivity index (χ4v) is 3.26. The molecule has 2 N–H and O–H groups in total. The summed E-state index contributed by atoms with van der Waals surface area (Å²) in [6, 6.07) is 9.55. The Labute approximate surface area is 146 Å². The summed E-state index contributed by atoms with van der Waals surface area (Å²) in [7, 11) is 0. The normalized spacial score (nSPS) is 17.2. The van der Waals surface area contributed by atoms with Gasteiger partial charge in [0.25, 0.3) is 0 Å². The van der Waals surface area contributed by atoms with Crippen molar-refractivity contribution in [2.75, 3.05) is 30.8 Å². The third-order valence-electron chi connectivity index (χ3n) is 3.61. The zero-order chi connectivity index (χ0) is 16.6. The van der Waals surface area contributed by atoms with Crippen molar-refractivity contribution in [2.45, 2.75) is 17.7 Å². The Kier molecular flexibility index (Phi) is 6.07. The standard InChI is InChI=1S/C18H20N4OS/c1-2-14-4-3-5-15(12-14)21-17-6-8-20-18(22-17)24-11-7-16-13-19-9-10-23-16/h1,3-6,8,12,16,19H,7,9-11,13H2,(H,20,21,22). The molecule has 2 aromatic rings. The third kappa shape index (κ3) is 4.96. The maximum absolute atomic E-state index is 5.70. The van der Waals surface area contributed by atoms with Gasteiger partial charge in [-0.15, -0.1) is 6.42 Å². The fourth-order valence-electron chi connectivity index (χ4n) is 2.40. The number of nitrogens with one attached hydrogen (secondary N) is 2. The van der Waals surface area contributed by atoms with E-state index in [1.54, 1.807) is 18.0 Å². The van der Waals surface area contributed by atoms with Gasteiger partial charge in [0.05, 0.1) is 12.7 Å². The number of hydrogen-bond donors (Lipinski definition) is 2. The van der Waals surface area contributed by atoms with Crippen LogP contribution in [0.15, 0.2) is 41.7 Å². The minimum absolute atomic E-state index is 0.291. The summed E-state index contributed by atoms with van der Waals surface area (Å²) in [5.74, 6) is 4.32. The maximum atomic E-state index is 5.70. The van der Waals surface area contributed by atoms with E-state index in [1.807, 2.05) is 30.3 Å². The lowest BCUT2D eigenvalue weighted by molar-refractivity contribution is 0.0274. The molecule has 3 rings (SSSR count). The molecule has 0 bridgehead atoms. The number of benzene rings is 1. The van der Waals surface area contributed by atoms with E-state index in [2.05, 4.69) is 26.5 Å². The Hall–Kier alpha value is -2.07. The van der Waals surface area contributed by atoms with Gasteiger partial charge in [0, 0.05) is 36.3 Å². The summed E-state index contributed by atoms with van der Waals surface area (Å²) < 4.78 is 5.70. The summed E-state index contributed by atoms with van der Waals surface area (Å²) >= 11 is 1.64. The second kappa shape index (κ2) is 8.69. The van der Waals surface area contributed by atoms with E-state index in [-0.39, 0.29) is 0 Å². The van der Waals surface area contributed by atoms with Gasteiger partial charge in [0.2, 0.25) is 0 Å². The van der Waals surface area contributed by atoms with E-state index in [1.165, 1.54) is 0 Å². The predicted molar refractivity (Wildman–Crippen MR) is 97.6 cm³/mol. The number of thioether (sulfide) groups is 1. The first-order valence-electron chi connectivity index (χ1n) is 7.95. The molecule has 1 saturated heterocycles. The topological polar surface area (TPSA) is 59.1 Å². The molecule has 1 fully saturated rings. The second-order valence-electron chi connectivity index (χ2n) is 5.41. The first kappa shape index (κ1) is 16.8. The highest BCUT2D eigenvalue weighted by Gasteiger charge is 2.13. The molecule has 0 radical (unpaired) electrons. The quantitative estimate of drug-likeness (QED) is 0.479. The lowest BCUT2D eigenvalue weighted by atomic mass is 10.2. The molecule has 0 amide bonds. The van der Waals surface area contributed by atoms with Gasteiger partial charge in [-0.05, 0) is 30.7 Å². The van der Waals surface area contributed by atoms with Gasteiger partial charge in [-0.2, -0.15) is 0 Å². The Morgan fingerprint density at radius 3 is 3.21 bits per heavy atom. The zero-order valence-electron chi connectivity index (χ0n) is 13.4. The molecule has 0 saturated carbocycles. The van der Waals surface area contributed by atoms with Crippen LogP contribution in [0.25, 0.3) is 0 Å². The molecular weight excluding hydrogens is 320 g/mol. The third-order valence-corrected chi connectivity index (χ3v) is 4.51. The van der Waals surface area contributed by atoms with E-state index in [4.69, 9.17) is 11.2 Å². The lowest BCUT2D eigenvalue weighted by Gasteiger charge is -2.23. The zero-order valence-corrected chi connectivity index (χ0v) is 14.2. The van der Waals surface area contributed by atoms with Crippen LogP contribution in [-0.4, -0.2) is 41.5 Å². The van der Waals surface area contributed by atoms with Crippen LogP contribution in [0.3, 0.4) is 0 Å². The largest absolute Gasteiger partial charge is 0.376 e. The predicted octanol–water partition coefficient (Wildman–Crippen LogP) is 2.67. The minimum atomic E-state index is 0.291. The highest BCUT2D eigenvalue weighted by atomic mass is 32.2. The monoisotopic (exact) mass is 340 g/mol. The number of aromatic nitrogens is 2. The molecule has 24 heavy (non-hydrogen) atoms. The van der Waals surface area contributed by atoms with Crippen molar-refractivity contribution in [1.29, 1.82) is 0 Å². The molecule has 0 spiro atoms. The minimum Gasteiger partial charge on any atom is -0.376 e. The van der Waals surface area contributed by atoms with Crippen LogP contribution in [-0.2, 0) is 4.74 Å². The highest BCUT2D eigenvalue weighted by Crippen LogP contribution is 2.20. The molecule has 1 aromatic carbocycles. The lowest BCUT2D eigenvalue weighted by Crippen LogP contribution is -2.38. The second-order valence-corrected chi connectivity index (χ2v) is 6.47. The molecule has 1 unspecified atom stereocenters. The molecule has 5 nitrogen and oxygen atoms in total. The molecule has 6 heteroatoms. The number of nitrogens with zero attached hydrogens (tertiary/aromatic N) is 2. The number of morpholine rings is 1. The van der Waals surface area contributed by atoms with Crippen molar-refractivity contribution in [3.8, 4) is 12.3 Å². The van der Waals surface area contributed by atoms with Crippen LogP contribution in [0.4, 0.5) is 11.5 Å². The van der Waals surface area contributed by atoms with Crippen molar-refractivity contribution >= 4 is 23.3 Å². The summed E-state index contributed by atoms with van der Waals surface area (Å²) in [5, 5.41) is 7.36. The SMILES string of the molecule is C#Cc1cccc(Nc2ccnc(SCCC3CNCCO3)n2)c1. The Morgan fingerprint density at radius 1 is 1.42 bits per heavy atom. The fraction of sp³-hybridized carbons (Fsp3) is 0.333. The van der Waals surface area contributed by atoms with Crippen LogP contribution in [0, 0.1) is 12.3 Å². The van der Waals surface area contributed by atoms with Gasteiger partial charge >= 0.3 is 0 Å².